The van der Waals surface area contributed by atoms with E-state index in [0.717, 1.165) is 50.9 Å². The Hall–Kier alpha value is -0.790. The summed E-state index contributed by atoms with van der Waals surface area (Å²) in [6, 6.07) is 0. The van der Waals surface area contributed by atoms with E-state index in [2.05, 4.69) is 35.4 Å². The molecule has 0 radical (unpaired) electrons. The van der Waals surface area contributed by atoms with Crippen LogP contribution in [-0.2, 0) is 13.5 Å². The van der Waals surface area contributed by atoms with Crippen LogP contribution < -0.4 is 5.32 Å². The maximum atomic E-state index is 4.80. The van der Waals surface area contributed by atoms with Crippen molar-refractivity contribution >= 4 is 29.9 Å². The van der Waals surface area contributed by atoms with Gasteiger partial charge in [0.15, 0.2) is 5.96 Å². The van der Waals surface area contributed by atoms with E-state index >= 15 is 0 Å². The zero-order valence-corrected chi connectivity index (χ0v) is 16.4. The summed E-state index contributed by atoms with van der Waals surface area (Å²) < 4.78 is 1.86. The van der Waals surface area contributed by atoms with Gasteiger partial charge in [0.2, 0.25) is 0 Å². The Morgan fingerprint density at radius 3 is 2.95 bits per heavy atom. The lowest BCUT2D eigenvalue weighted by Gasteiger charge is -2.33. The number of likely N-dealkylation sites (tertiary alicyclic amines) is 1. The fourth-order valence-corrected chi connectivity index (χ4v) is 2.88. The molecule has 0 amide bonds. The Balaban J connectivity index is 0.00000242. The SMILES string of the molecule is CCNC(=NCCCc1cnn(C)c1)N1CCCC(C)C1.I. The molecule has 0 aliphatic carbocycles. The number of aliphatic imine (C=N–C) groups is 1. The molecule has 1 aromatic rings. The molecule has 1 aliphatic heterocycles. The van der Waals surface area contributed by atoms with Crippen LogP contribution in [0.5, 0.6) is 0 Å². The fourth-order valence-electron chi connectivity index (χ4n) is 2.88. The summed E-state index contributed by atoms with van der Waals surface area (Å²) in [5.74, 6) is 1.87. The molecule has 1 unspecified atom stereocenters. The van der Waals surface area contributed by atoms with Crippen molar-refractivity contribution < 1.29 is 0 Å². The van der Waals surface area contributed by atoms with E-state index in [1.54, 1.807) is 0 Å². The highest BCUT2D eigenvalue weighted by Gasteiger charge is 2.18. The number of nitrogens with zero attached hydrogens (tertiary/aromatic N) is 4. The van der Waals surface area contributed by atoms with Crippen molar-refractivity contribution in [3.8, 4) is 0 Å². The topological polar surface area (TPSA) is 45.5 Å². The first-order chi connectivity index (χ1) is 10.2. The van der Waals surface area contributed by atoms with E-state index in [1.807, 2.05) is 17.9 Å². The van der Waals surface area contributed by atoms with Crippen LogP contribution in [0.15, 0.2) is 17.4 Å². The minimum atomic E-state index is 0. The summed E-state index contributed by atoms with van der Waals surface area (Å²) >= 11 is 0. The zero-order chi connectivity index (χ0) is 15.1. The molecule has 0 aromatic carbocycles. The van der Waals surface area contributed by atoms with Crippen LogP contribution in [0.2, 0.25) is 0 Å². The van der Waals surface area contributed by atoms with Gasteiger partial charge in [-0.3, -0.25) is 9.67 Å². The normalized spacial score (nSPS) is 19.0. The summed E-state index contributed by atoms with van der Waals surface area (Å²) in [7, 11) is 1.96. The van der Waals surface area contributed by atoms with Crippen molar-refractivity contribution in [3.63, 3.8) is 0 Å². The lowest BCUT2D eigenvalue weighted by molar-refractivity contribution is 0.266. The zero-order valence-electron chi connectivity index (χ0n) is 14.1. The van der Waals surface area contributed by atoms with Crippen LogP contribution in [0.25, 0.3) is 0 Å². The molecule has 2 heterocycles. The fraction of sp³-hybridized carbons (Fsp3) is 0.750. The molecule has 6 heteroatoms. The molecular formula is C16H30IN5. The third-order valence-corrected chi connectivity index (χ3v) is 3.93. The summed E-state index contributed by atoms with van der Waals surface area (Å²) in [6.45, 7) is 8.55. The van der Waals surface area contributed by atoms with Crippen LogP contribution in [-0.4, -0.2) is 46.8 Å². The Kier molecular flexibility index (Phi) is 8.82. The maximum Gasteiger partial charge on any atom is 0.193 e. The van der Waals surface area contributed by atoms with Gasteiger partial charge in [-0.15, -0.1) is 24.0 Å². The van der Waals surface area contributed by atoms with Crippen molar-refractivity contribution in [1.29, 1.82) is 0 Å². The van der Waals surface area contributed by atoms with E-state index in [1.165, 1.54) is 18.4 Å². The van der Waals surface area contributed by atoms with Gasteiger partial charge >= 0.3 is 0 Å². The smallest absolute Gasteiger partial charge is 0.193 e. The van der Waals surface area contributed by atoms with Gasteiger partial charge in [0.25, 0.3) is 0 Å². The average molecular weight is 419 g/mol. The van der Waals surface area contributed by atoms with Gasteiger partial charge in [-0.1, -0.05) is 6.92 Å². The number of hydrogen-bond donors (Lipinski definition) is 1. The third-order valence-electron chi connectivity index (χ3n) is 3.93. The van der Waals surface area contributed by atoms with Gasteiger partial charge in [-0.25, -0.2) is 0 Å². The second-order valence-electron chi connectivity index (χ2n) is 6.05. The van der Waals surface area contributed by atoms with Crippen LogP contribution in [0.3, 0.4) is 0 Å². The highest BCUT2D eigenvalue weighted by molar-refractivity contribution is 14.0. The third kappa shape index (κ3) is 6.14. The van der Waals surface area contributed by atoms with E-state index in [0.29, 0.717) is 0 Å². The lowest BCUT2D eigenvalue weighted by Crippen LogP contribution is -2.46. The number of nitrogens with one attached hydrogen (secondary N) is 1. The van der Waals surface area contributed by atoms with Crippen molar-refractivity contribution in [2.45, 2.75) is 39.5 Å². The molecular weight excluding hydrogens is 389 g/mol. The highest BCUT2D eigenvalue weighted by Crippen LogP contribution is 2.15. The van der Waals surface area contributed by atoms with Gasteiger partial charge < -0.3 is 10.2 Å². The summed E-state index contributed by atoms with van der Waals surface area (Å²) in [6.07, 6.45) is 8.78. The molecule has 126 valence electrons. The second kappa shape index (κ2) is 10.1. The Bertz CT molecular complexity index is 457. The van der Waals surface area contributed by atoms with Crippen molar-refractivity contribution in [2.24, 2.45) is 18.0 Å². The van der Waals surface area contributed by atoms with Gasteiger partial charge in [-0.2, -0.15) is 5.10 Å². The number of rotatable bonds is 5. The maximum absolute atomic E-state index is 4.80. The molecule has 0 spiro atoms. The highest BCUT2D eigenvalue weighted by atomic mass is 127. The standard InChI is InChI=1S/C16H29N5.HI/c1-4-17-16(21-10-6-7-14(2)12-21)18-9-5-8-15-11-19-20(3)13-15;/h11,13-14H,4-10,12H2,1-3H3,(H,17,18);1H. The monoisotopic (exact) mass is 419 g/mol. The molecule has 5 nitrogen and oxygen atoms in total. The van der Waals surface area contributed by atoms with Gasteiger partial charge in [-0.05, 0) is 44.1 Å². The van der Waals surface area contributed by atoms with Crippen LogP contribution in [0, 0.1) is 5.92 Å². The molecule has 22 heavy (non-hydrogen) atoms. The molecule has 1 aromatic heterocycles. The summed E-state index contributed by atoms with van der Waals surface area (Å²) in [5.41, 5.74) is 1.30. The molecule has 0 bridgehead atoms. The molecule has 1 saturated heterocycles. The molecule has 1 fully saturated rings. The van der Waals surface area contributed by atoms with Crippen molar-refractivity contribution in [2.75, 3.05) is 26.2 Å². The number of guanidine groups is 1. The van der Waals surface area contributed by atoms with Crippen LogP contribution in [0.1, 0.15) is 38.7 Å². The van der Waals surface area contributed by atoms with Crippen molar-refractivity contribution in [3.05, 3.63) is 18.0 Å². The van der Waals surface area contributed by atoms with Crippen LogP contribution in [0.4, 0.5) is 0 Å². The minimum Gasteiger partial charge on any atom is -0.357 e. The average Bonchev–Trinajstić information content (AvgIpc) is 2.88. The number of aromatic nitrogens is 2. The van der Waals surface area contributed by atoms with Gasteiger partial charge in [0, 0.05) is 39.4 Å². The summed E-state index contributed by atoms with van der Waals surface area (Å²) in [4.78, 5) is 7.22. The lowest BCUT2D eigenvalue weighted by atomic mass is 10.0. The quantitative estimate of drug-likeness (QED) is 0.346. The molecule has 2 rings (SSSR count). The van der Waals surface area contributed by atoms with E-state index < -0.39 is 0 Å². The predicted molar refractivity (Wildman–Crippen MR) is 103 cm³/mol. The van der Waals surface area contributed by atoms with E-state index in [4.69, 9.17) is 4.99 Å². The Morgan fingerprint density at radius 1 is 1.50 bits per heavy atom. The predicted octanol–water partition coefficient (Wildman–Crippen LogP) is 2.67. The molecule has 0 saturated carbocycles. The van der Waals surface area contributed by atoms with Gasteiger partial charge in [0.1, 0.15) is 0 Å². The Morgan fingerprint density at radius 2 is 2.32 bits per heavy atom. The van der Waals surface area contributed by atoms with E-state index in [9.17, 15) is 0 Å². The first kappa shape index (κ1) is 19.3. The van der Waals surface area contributed by atoms with Gasteiger partial charge in [0.05, 0.1) is 6.20 Å². The molecule has 1 N–H and O–H groups in total. The number of piperidine rings is 1. The first-order valence-electron chi connectivity index (χ1n) is 8.19. The number of hydrogen-bond acceptors (Lipinski definition) is 2. The van der Waals surface area contributed by atoms with E-state index in [-0.39, 0.29) is 24.0 Å². The first-order valence-corrected chi connectivity index (χ1v) is 8.19. The largest absolute Gasteiger partial charge is 0.357 e. The number of aryl methyl sites for hydroxylation is 2. The molecule has 1 aliphatic rings. The van der Waals surface area contributed by atoms with Crippen LogP contribution >= 0.6 is 24.0 Å². The minimum absolute atomic E-state index is 0. The second-order valence-corrected chi connectivity index (χ2v) is 6.05. The summed E-state index contributed by atoms with van der Waals surface area (Å²) in [5, 5.41) is 7.64. The Labute approximate surface area is 151 Å². The molecule has 1 atom stereocenters. The van der Waals surface area contributed by atoms with Crippen molar-refractivity contribution in [1.82, 2.24) is 20.0 Å². The number of halogens is 1.